The minimum absolute atomic E-state index is 0.210. The molecule has 1 aromatic heterocycles. The fourth-order valence-electron chi connectivity index (χ4n) is 5.14. The Morgan fingerprint density at radius 3 is 2.48 bits per heavy atom. The van der Waals surface area contributed by atoms with Crippen molar-refractivity contribution >= 4 is 28.8 Å². The van der Waals surface area contributed by atoms with E-state index in [1.807, 2.05) is 82.3 Å². The van der Waals surface area contributed by atoms with E-state index >= 15 is 0 Å². The standard InChI is InChI=1S/C33H42N4O7/c1-8-12-25(31(38)41-6)35-30(36-42-7)28-18-23(20-37(28)32(39)44-33(2,3)4)43-29-19-26(21-13-10-9-11-14-21)34-27-17-22(40-5)15-16-24(27)29/h9-11,13-17,19,23,25,28H,8,12,18,20H2,1-7H3,(H,35,36)/t23?,25-,28-/m0/s1. The van der Waals surface area contributed by atoms with Gasteiger partial charge in [-0.25, -0.2) is 14.6 Å². The molecule has 0 saturated carbocycles. The molecule has 2 heterocycles. The summed E-state index contributed by atoms with van der Waals surface area (Å²) in [5.41, 5.74) is 1.66. The van der Waals surface area contributed by atoms with Crippen molar-refractivity contribution in [1.29, 1.82) is 0 Å². The zero-order chi connectivity index (χ0) is 31.9. The number of ether oxygens (including phenoxy) is 4. The van der Waals surface area contributed by atoms with Gasteiger partial charge < -0.3 is 29.1 Å². The third-order valence-corrected chi connectivity index (χ3v) is 7.12. The first-order valence-electron chi connectivity index (χ1n) is 14.7. The van der Waals surface area contributed by atoms with Crippen molar-refractivity contribution in [1.82, 2.24) is 15.2 Å². The number of rotatable bonds is 10. The Hall–Kier alpha value is -4.54. The molecule has 4 rings (SSSR count). The van der Waals surface area contributed by atoms with Crippen LogP contribution in [-0.4, -0.2) is 79.4 Å². The van der Waals surface area contributed by atoms with E-state index in [0.717, 1.165) is 23.1 Å². The van der Waals surface area contributed by atoms with Gasteiger partial charge in [-0.05, 0) is 39.3 Å². The molecule has 0 aliphatic carbocycles. The van der Waals surface area contributed by atoms with E-state index < -0.39 is 35.9 Å². The van der Waals surface area contributed by atoms with Gasteiger partial charge in [-0.2, -0.15) is 0 Å². The maximum atomic E-state index is 13.5. The number of likely N-dealkylation sites (tertiary alicyclic amines) is 1. The lowest BCUT2D eigenvalue weighted by atomic mass is 10.1. The molecular formula is C33H42N4O7. The smallest absolute Gasteiger partial charge is 0.411 e. The van der Waals surface area contributed by atoms with Crippen molar-refractivity contribution < 1.29 is 33.4 Å². The van der Waals surface area contributed by atoms with E-state index in [1.165, 1.54) is 14.2 Å². The van der Waals surface area contributed by atoms with Crippen LogP contribution in [0.5, 0.6) is 11.5 Å². The number of fused-ring (bicyclic) bond motifs is 1. The molecule has 1 amide bonds. The van der Waals surface area contributed by atoms with Crippen LogP contribution < -0.4 is 14.8 Å². The third kappa shape index (κ3) is 7.89. The van der Waals surface area contributed by atoms with Gasteiger partial charge in [0.1, 0.15) is 36.4 Å². The molecule has 2 aromatic carbocycles. The number of amides is 1. The number of nitrogens with zero attached hydrogens (tertiary/aromatic N) is 3. The van der Waals surface area contributed by atoms with Crippen LogP contribution in [0.25, 0.3) is 22.2 Å². The van der Waals surface area contributed by atoms with E-state index in [0.29, 0.717) is 35.7 Å². The van der Waals surface area contributed by atoms with Gasteiger partial charge >= 0.3 is 12.1 Å². The quantitative estimate of drug-likeness (QED) is 0.137. The van der Waals surface area contributed by atoms with Gasteiger partial charge in [-0.15, -0.1) is 0 Å². The summed E-state index contributed by atoms with van der Waals surface area (Å²) in [7, 11) is 4.37. The molecule has 1 aliphatic heterocycles. The summed E-state index contributed by atoms with van der Waals surface area (Å²) in [6, 6.07) is 16.1. The van der Waals surface area contributed by atoms with Crippen molar-refractivity contribution in [2.75, 3.05) is 27.9 Å². The predicted octanol–water partition coefficient (Wildman–Crippen LogP) is 5.56. The summed E-state index contributed by atoms with van der Waals surface area (Å²) >= 11 is 0. The van der Waals surface area contributed by atoms with Gasteiger partial charge in [0, 0.05) is 29.5 Å². The first kappa shape index (κ1) is 32.4. The molecular weight excluding hydrogens is 564 g/mol. The van der Waals surface area contributed by atoms with Gasteiger partial charge in [-0.1, -0.05) is 48.8 Å². The van der Waals surface area contributed by atoms with Crippen molar-refractivity contribution in [2.24, 2.45) is 5.16 Å². The number of amidine groups is 1. The number of esters is 1. The highest BCUT2D eigenvalue weighted by Gasteiger charge is 2.43. The lowest BCUT2D eigenvalue weighted by Gasteiger charge is -2.30. The average molecular weight is 607 g/mol. The van der Waals surface area contributed by atoms with Crippen LogP contribution in [0.3, 0.4) is 0 Å². The summed E-state index contributed by atoms with van der Waals surface area (Å²) in [5.74, 6) is 1.17. The molecule has 1 N–H and O–H groups in total. The van der Waals surface area contributed by atoms with Gasteiger partial charge in [0.25, 0.3) is 0 Å². The van der Waals surface area contributed by atoms with E-state index in [4.69, 9.17) is 28.8 Å². The van der Waals surface area contributed by atoms with Crippen molar-refractivity contribution in [3.63, 3.8) is 0 Å². The largest absolute Gasteiger partial charge is 0.497 e. The molecule has 1 saturated heterocycles. The number of oxime groups is 1. The van der Waals surface area contributed by atoms with E-state index in [1.54, 1.807) is 12.0 Å². The number of benzene rings is 2. The van der Waals surface area contributed by atoms with Crippen LogP contribution in [0.4, 0.5) is 4.79 Å². The van der Waals surface area contributed by atoms with E-state index in [9.17, 15) is 9.59 Å². The highest BCUT2D eigenvalue weighted by atomic mass is 16.6. The number of nitrogens with one attached hydrogen (secondary N) is 1. The maximum Gasteiger partial charge on any atom is 0.411 e. The highest BCUT2D eigenvalue weighted by molar-refractivity contribution is 5.94. The summed E-state index contributed by atoms with van der Waals surface area (Å²) in [6.45, 7) is 7.60. The van der Waals surface area contributed by atoms with Gasteiger partial charge in [0.2, 0.25) is 0 Å². The zero-order valence-electron chi connectivity index (χ0n) is 26.5. The topological polar surface area (TPSA) is 121 Å². The Kier molecular flexibility index (Phi) is 10.5. The Morgan fingerprint density at radius 2 is 1.84 bits per heavy atom. The maximum absolute atomic E-state index is 13.5. The molecule has 0 radical (unpaired) electrons. The van der Waals surface area contributed by atoms with Crippen LogP contribution in [0, 0.1) is 0 Å². The summed E-state index contributed by atoms with van der Waals surface area (Å²) in [6.07, 6.45) is 0.607. The Bertz CT molecular complexity index is 1470. The molecule has 11 nitrogen and oxygen atoms in total. The second-order valence-electron chi connectivity index (χ2n) is 11.5. The first-order chi connectivity index (χ1) is 21.1. The van der Waals surface area contributed by atoms with Crippen LogP contribution in [-0.2, 0) is 19.1 Å². The number of hydrogen-bond donors (Lipinski definition) is 1. The average Bonchev–Trinajstić information content (AvgIpc) is 3.43. The SMILES string of the molecule is CCC[C@H](N/C(=N/OC)[C@@H]1CC(Oc2cc(-c3ccccc3)nc3cc(OC)ccc23)CN1C(=O)OC(C)(C)C)C(=O)OC. The van der Waals surface area contributed by atoms with Crippen LogP contribution in [0.1, 0.15) is 47.0 Å². The molecule has 44 heavy (non-hydrogen) atoms. The van der Waals surface area contributed by atoms with Crippen LogP contribution >= 0.6 is 0 Å². The summed E-state index contributed by atoms with van der Waals surface area (Å²) in [4.78, 5) is 37.7. The lowest BCUT2D eigenvalue weighted by Crippen LogP contribution is -2.52. The van der Waals surface area contributed by atoms with Crippen molar-refractivity contribution in [2.45, 2.75) is 70.7 Å². The molecule has 3 atom stereocenters. The molecule has 1 unspecified atom stereocenters. The molecule has 1 fully saturated rings. The Morgan fingerprint density at radius 1 is 1.09 bits per heavy atom. The molecule has 3 aromatic rings. The minimum Gasteiger partial charge on any atom is -0.497 e. The summed E-state index contributed by atoms with van der Waals surface area (Å²) in [5, 5.41) is 8.18. The predicted molar refractivity (Wildman–Crippen MR) is 168 cm³/mol. The van der Waals surface area contributed by atoms with Crippen LogP contribution in [0.15, 0.2) is 59.8 Å². The summed E-state index contributed by atoms with van der Waals surface area (Å²) < 4.78 is 22.9. The minimum atomic E-state index is -0.728. The Labute approximate surface area is 258 Å². The molecule has 236 valence electrons. The fraction of sp³-hybridized carbons (Fsp3) is 0.455. The second-order valence-corrected chi connectivity index (χ2v) is 11.5. The molecule has 0 spiro atoms. The number of hydrogen-bond acceptors (Lipinski definition) is 9. The van der Waals surface area contributed by atoms with Gasteiger partial charge in [0.15, 0.2) is 5.84 Å². The number of methoxy groups -OCH3 is 2. The second kappa shape index (κ2) is 14.3. The van der Waals surface area contributed by atoms with E-state index in [-0.39, 0.29) is 6.54 Å². The number of aromatic nitrogens is 1. The third-order valence-electron chi connectivity index (χ3n) is 7.12. The lowest BCUT2D eigenvalue weighted by molar-refractivity contribution is -0.142. The van der Waals surface area contributed by atoms with Crippen LogP contribution in [0.2, 0.25) is 0 Å². The van der Waals surface area contributed by atoms with Crippen molar-refractivity contribution in [3.8, 4) is 22.8 Å². The first-order valence-corrected chi connectivity index (χ1v) is 14.7. The van der Waals surface area contributed by atoms with Gasteiger partial charge in [-0.3, -0.25) is 4.90 Å². The zero-order valence-corrected chi connectivity index (χ0v) is 26.5. The molecule has 11 heteroatoms. The monoisotopic (exact) mass is 606 g/mol. The Balaban J connectivity index is 1.72. The van der Waals surface area contributed by atoms with Crippen molar-refractivity contribution in [3.05, 3.63) is 54.6 Å². The number of carbonyl (C=O) groups is 2. The normalized spacial score (nSPS) is 17.6. The van der Waals surface area contributed by atoms with Gasteiger partial charge in [0.05, 0.1) is 38.0 Å². The molecule has 0 bridgehead atoms. The molecule has 1 aliphatic rings. The fourth-order valence-corrected chi connectivity index (χ4v) is 5.14. The number of pyridine rings is 1. The number of carbonyl (C=O) groups excluding carboxylic acids is 2. The highest BCUT2D eigenvalue weighted by Crippen LogP contribution is 2.35. The van der Waals surface area contributed by atoms with E-state index in [2.05, 4.69) is 10.5 Å².